The molecule has 0 heterocycles. The zero-order valence-electron chi connectivity index (χ0n) is 13.4. The van der Waals surface area contributed by atoms with Crippen LogP contribution in [0, 0.1) is 12.3 Å². The Morgan fingerprint density at radius 2 is 1.48 bits per heavy atom. The minimum Gasteiger partial charge on any atom is -0.315 e. The topological polar surface area (TPSA) is 0 Å². The van der Waals surface area contributed by atoms with Gasteiger partial charge in [-0.25, -0.2) is 0 Å². The van der Waals surface area contributed by atoms with Crippen LogP contribution in [0.15, 0.2) is 60.7 Å². The van der Waals surface area contributed by atoms with Crippen molar-refractivity contribution in [3.05, 3.63) is 89.4 Å². The van der Waals surface area contributed by atoms with Crippen LogP contribution in [0.3, 0.4) is 0 Å². The van der Waals surface area contributed by atoms with Crippen LogP contribution in [-0.2, 0) is 26.2 Å². The molecule has 23 heavy (non-hydrogen) atoms. The summed E-state index contributed by atoms with van der Waals surface area (Å²) in [5.41, 5.74) is 5.72. The Bertz CT molecular complexity index is 678. The first-order valence-corrected chi connectivity index (χ1v) is 8.20. The second kappa shape index (κ2) is 7.14. The fourth-order valence-corrected chi connectivity index (χ4v) is 3.81. The number of allylic oxidation sites excluding steroid dienone is 2. The van der Waals surface area contributed by atoms with Crippen LogP contribution < -0.4 is 0 Å². The van der Waals surface area contributed by atoms with E-state index in [9.17, 15) is 0 Å². The summed E-state index contributed by atoms with van der Waals surface area (Å²) in [4.78, 5) is 0. The molecule has 4 rings (SSSR count). The van der Waals surface area contributed by atoms with Gasteiger partial charge in [0.05, 0.1) is 0 Å². The fourth-order valence-electron chi connectivity index (χ4n) is 3.81. The van der Waals surface area contributed by atoms with Crippen molar-refractivity contribution in [3.63, 3.8) is 0 Å². The second-order valence-corrected chi connectivity index (χ2v) is 6.51. The van der Waals surface area contributed by atoms with Gasteiger partial charge in [-0.3, -0.25) is 0 Å². The van der Waals surface area contributed by atoms with Gasteiger partial charge < -0.3 is 6.42 Å². The van der Waals surface area contributed by atoms with E-state index in [2.05, 4.69) is 86.2 Å². The quantitative estimate of drug-likeness (QED) is 0.588. The van der Waals surface area contributed by atoms with Crippen molar-refractivity contribution in [1.29, 1.82) is 0 Å². The first kappa shape index (κ1) is 16.7. The summed E-state index contributed by atoms with van der Waals surface area (Å²) >= 11 is 0. The summed E-state index contributed by atoms with van der Waals surface area (Å²) in [5.74, 6) is 1.65. The minimum atomic E-state index is 0. The van der Waals surface area contributed by atoms with Crippen LogP contribution >= 0.6 is 0 Å². The number of benzene rings is 2. The number of hydrogen-bond acceptors (Lipinski definition) is 0. The van der Waals surface area contributed by atoms with E-state index in [1.807, 2.05) is 0 Å². The van der Waals surface area contributed by atoms with Crippen molar-refractivity contribution in [1.82, 2.24) is 0 Å². The molecule has 2 aromatic rings. The molecular weight excluding hydrogens is 355 g/mol. The molecule has 0 saturated heterocycles. The molecule has 0 aromatic heterocycles. The van der Waals surface area contributed by atoms with Gasteiger partial charge in [0.1, 0.15) is 0 Å². The summed E-state index contributed by atoms with van der Waals surface area (Å²) in [6, 6.07) is 17.5. The third kappa shape index (κ3) is 3.36. The van der Waals surface area contributed by atoms with Crippen molar-refractivity contribution < 1.29 is 26.2 Å². The summed E-state index contributed by atoms with van der Waals surface area (Å²) in [6.07, 6.45) is 12.9. The molecule has 1 heteroatoms. The normalized spacial score (nSPS) is 21.6. The van der Waals surface area contributed by atoms with Crippen LogP contribution in [0.25, 0.3) is 12.2 Å². The second-order valence-electron chi connectivity index (χ2n) is 6.51. The standard InChI is InChI=1S/C22H21.Zr/c1-16(14-19-12-10-17-6-2-4-8-21(17)19)15-20-13-11-18-7-3-5-9-22(18)20;/h2-14,16,19-20H,15H2,1H3;/q-1;. The Kier molecular flexibility index (Phi) is 5.17. The van der Waals surface area contributed by atoms with E-state index in [-0.39, 0.29) is 26.2 Å². The predicted octanol–water partition coefficient (Wildman–Crippen LogP) is 5.84. The minimum absolute atomic E-state index is 0. The van der Waals surface area contributed by atoms with Crippen molar-refractivity contribution >= 4 is 12.2 Å². The monoisotopic (exact) mass is 375 g/mol. The molecule has 114 valence electrons. The van der Waals surface area contributed by atoms with Gasteiger partial charge in [0.25, 0.3) is 0 Å². The number of hydrogen-bond donors (Lipinski definition) is 0. The van der Waals surface area contributed by atoms with Crippen molar-refractivity contribution in [2.45, 2.75) is 25.2 Å². The van der Waals surface area contributed by atoms with Gasteiger partial charge in [-0.2, -0.15) is 5.92 Å². The molecule has 2 aromatic carbocycles. The average molecular weight is 377 g/mol. The van der Waals surface area contributed by atoms with Gasteiger partial charge in [0.15, 0.2) is 0 Å². The summed E-state index contributed by atoms with van der Waals surface area (Å²) in [6.45, 7) is 2.35. The van der Waals surface area contributed by atoms with E-state index in [0.29, 0.717) is 17.8 Å². The first-order chi connectivity index (χ1) is 10.8. The Hall–Kier alpha value is -1.20. The molecule has 3 atom stereocenters. The summed E-state index contributed by atoms with van der Waals surface area (Å²) in [7, 11) is 0. The van der Waals surface area contributed by atoms with Gasteiger partial charge in [0.2, 0.25) is 0 Å². The van der Waals surface area contributed by atoms with E-state index in [1.165, 1.54) is 28.7 Å². The SMILES string of the molecule is CC([CH-]C1C=Cc2ccccc21)CC1C=Cc2ccccc21.[Zr]. The average Bonchev–Trinajstić information content (AvgIpc) is 3.13. The molecule has 0 radical (unpaired) electrons. The maximum Gasteiger partial charge on any atom is 0.000533 e. The molecule has 3 unspecified atom stereocenters. The zero-order chi connectivity index (χ0) is 14.9. The molecule has 0 N–H and O–H groups in total. The Morgan fingerprint density at radius 3 is 2.26 bits per heavy atom. The molecule has 0 spiro atoms. The third-order valence-corrected chi connectivity index (χ3v) is 4.90. The van der Waals surface area contributed by atoms with Crippen molar-refractivity contribution in [2.24, 2.45) is 5.92 Å². The summed E-state index contributed by atoms with van der Waals surface area (Å²) < 4.78 is 0. The molecule has 0 nitrogen and oxygen atoms in total. The molecule has 0 fully saturated rings. The van der Waals surface area contributed by atoms with E-state index >= 15 is 0 Å². The van der Waals surface area contributed by atoms with Gasteiger partial charge in [-0.15, -0.1) is 12.0 Å². The van der Waals surface area contributed by atoms with Gasteiger partial charge in [0, 0.05) is 32.1 Å². The number of fused-ring (bicyclic) bond motifs is 2. The largest absolute Gasteiger partial charge is 0.315 e. The van der Waals surface area contributed by atoms with E-state index in [1.54, 1.807) is 0 Å². The van der Waals surface area contributed by atoms with Crippen molar-refractivity contribution in [3.8, 4) is 0 Å². The zero-order valence-corrected chi connectivity index (χ0v) is 15.9. The Balaban J connectivity index is 0.00000156. The van der Waals surface area contributed by atoms with Crippen LogP contribution in [-0.4, -0.2) is 0 Å². The van der Waals surface area contributed by atoms with E-state index in [4.69, 9.17) is 0 Å². The first-order valence-electron chi connectivity index (χ1n) is 8.20. The summed E-state index contributed by atoms with van der Waals surface area (Å²) in [5, 5.41) is 0. The van der Waals surface area contributed by atoms with Crippen molar-refractivity contribution in [2.75, 3.05) is 0 Å². The maximum atomic E-state index is 2.51. The van der Waals surface area contributed by atoms with E-state index < -0.39 is 0 Å². The Morgan fingerprint density at radius 1 is 0.870 bits per heavy atom. The predicted molar refractivity (Wildman–Crippen MR) is 94.5 cm³/mol. The molecule has 2 aliphatic rings. The van der Waals surface area contributed by atoms with E-state index in [0.717, 1.165) is 0 Å². The number of rotatable bonds is 4. The smallest absolute Gasteiger partial charge is 0.000533 e. The molecule has 0 bridgehead atoms. The van der Waals surface area contributed by atoms with Gasteiger partial charge in [-0.05, 0) is 16.7 Å². The van der Waals surface area contributed by atoms with Gasteiger partial charge in [-0.1, -0.05) is 85.7 Å². The van der Waals surface area contributed by atoms with Crippen LogP contribution in [0.4, 0.5) is 0 Å². The molecule has 0 aliphatic heterocycles. The Labute approximate surface area is 158 Å². The molecule has 0 saturated carbocycles. The molecular formula is C22H21Zr-. The van der Waals surface area contributed by atoms with Crippen LogP contribution in [0.2, 0.25) is 0 Å². The molecule has 0 amide bonds. The van der Waals surface area contributed by atoms with Crippen LogP contribution in [0.1, 0.15) is 47.4 Å². The van der Waals surface area contributed by atoms with Gasteiger partial charge >= 0.3 is 0 Å². The third-order valence-electron chi connectivity index (χ3n) is 4.90. The maximum absolute atomic E-state index is 2.51. The van der Waals surface area contributed by atoms with Crippen LogP contribution in [0.5, 0.6) is 0 Å². The molecule has 2 aliphatic carbocycles. The fraction of sp³-hybridized carbons (Fsp3) is 0.227.